The van der Waals surface area contributed by atoms with E-state index in [9.17, 15) is 8.78 Å². The van der Waals surface area contributed by atoms with E-state index >= 15 is 0 Å². The molecule has 0 N–H and O–H groups in total. The van der Waals surface area contributed by atoms with Crippen LogP contribution in [0.5, 0.6) is 11.5 Å². The van der Waals surface area contributed by atoms with Crippen LogP contribution in [0.4, 0.5) is 8.78 Å². The third kappa shape index (κ3) is 2.21. The summed E-state index contributed by atoms with van der Waals surface area (Å²) in [5, 5.41) is 0. The molecule has 2 unspecified atom stereocenters. The van der Waals surface area contributed by atoms with Gasteiger partial charge in [0.2, 0.25) is 5.75 Å². The predicted molar refractivity (Wildman–Crippen MR) is 86.8 cm³/mol. The van der Waals surface area contributed by atoms with E-state index in [0.717, 1.165) is 18.5 Å². The fourth-order valence-electron chi connectivity index (χ4n) is 3.82. The molecular formula is C17H18F2NO2P. The van der Waals surface area contributed by atoms with Crippen molar-refractivity contribution in [3.05, 3.63) is 47.3 Å². The van der Waals surface area contributed by atoms with Crippen LogP contribution in [0.15, 0.2) is 35.9 Å². The summed E-state index contributed by atoms with van der Waals surface area (Å²) in [6, 6.07) is 3.30. The largest absolute Gasteiger partial charge is 0.420 e. The van der Waals surface area contributed by atoms with Gasteiger partial charge in [-0.15, -0.1) is 0 Å². The van der Waals surface area contributed by atoms with Crippen molar-refractivity contribution in [2.24, 2.45) is 0 Å². The van der Waals surface area contributed by atoms with Crippen molar-refractivity contribution in [3.63, 3.8) is 0 Å². The van der Waals surface area contributed by atoms with Crippen molar-refractivity contribution >= 4 is 9.24 Å². The van der Waals surface area contributed by atoms with Gasteiger partial charge in [0.25, 0.3) is 0 Å². The highest BCUT2D eigenvalue weighted by Gasteiger charge is 2.47. The molecule has 6 heteroatoms. The molecule has 0 radical (unpaired) electrons. The lowest BCUT2D eigenvalue weighted by Gasteiger charge is -2.36. The summed E-state index contributed by atoms with van der Waals surface area (Å²) >= 11 is 0. The molecule has 23 heavy (non-hydrogen) atoms. The summed E-state index contributed by atoms with van der Waals surface area (Å²) in [5.41, 5.74) is 1.65. The second-order valence-corrected chi connectivity index (χ2v) is 7.22. The van der Waals surface area contributed by atoms with E-state index in [0.29, 0.717) is 0 Å². The standard InChI is InChI=1S/C17H18F2NO2P/c1-10-3-4-16(5-6-20(2)14(16)7-10)11-8-12(18)15-13(9-11)21-17(19,23)22-15/h3-4,7-9,14H,5-6,23H2,1-2H3/t14-,16-,17?/m0/s1. The van der Waals surface area contributed by atoms with Crippen molar-refractivity contribution in [1.82, 2.24) is 4.90 Å². The number of rotatable bonds is 1. The molecule has 4 rings (SSSR count). The van der Waals surface area contributed by atoms with Crippen molar-refractivity contribution in [1.29, 1.82) is 0 Å². The summed E-state index contributed by atoms with van der Waals surface area (Å²) in [5.74, 6) is -3.05. The van der Waals surface area contributed by atoms with Gasteiger partial charge in [-0.3, -0.25) is 4.90 Å². The van der Waals surface area contributed by atoms with E-state index < -0.39 is 11.6 Å². The second kappa shape index (κ2) is 4.78. The molecule has 1 aromatic rings. The van der Waals surface area contributed by atoms with Crippen molar-refractivity contribution < 1.29 is 18.3 Å². The van der Waals surface area contributed by atoms with E-state index in [1.165, 1.54) is 11.6 Å². The van der Waals surface area contributed by atoms with Crippen LogP contribution in [0, 0.1) is 5.82 Å². The Kier molecular flexibility index (Phi) is 3.14. The minimum atomic E-state index is -2.40. The minimum absolute atomic E-state index is 0.111. The lowest BCUT2D eigenvalue weighted by atomic mass is 9.71. The first-order valence-electron chi connectivity index (χ1n) is 7.58. The SMILES string of the molecule is CC1=C[C@@H]2N(C)CC[C@]2(c2cc(F)c3c(c2)OC(F)(P)O3)C=C1. The molecule has 0 spiro atoms. The molecule has 0 saturated carbocycles. The number of hydrogen-bond acceptors (Lipinski definition) is 3. The molecule has 1 fully saturated rings. The van der Waals surface area contributed by atoms with Gasteiger partial charge >= 0.3 is 5.78 Å². The fraction of sp³-hybridized carbons (Fsp3) is 0.412. The molecule has 0 aromatic heterocycles. The van der Waals surface area contributed by atoms with Gasteiger partial charge in [-0.1, -0.05) is 23.8 Å². The topological polar surface area (TPSA) is 21.7 Å². The van der Waals surface area contributed by atoms with E-state index in [4.69, 9.17) is 9.47 Å². The number of likely N-dealkylation sites (N-methyl/N-ethyl adjacent to an activating group) is 1. The molecule has 0 bridgehead atoms. The first kappa shape index (κ1) is 15.1. The van der Waals surface area contributed by atoms with Gasteiger partial charge in [-0.2, -0.15) is 4.39 Å². The highest BCUT2D eigenvalue weighted by atomic mass is 31.0. The third-order valence-electron chi connectivity index (χ3n) is 4.98. The zero-order valence-electron chi connectivity index (χ0n) is 13.0. The molecule has 122 valence electrons. The summed E-state index contributed by atoms with van der Waals surface area (Å²) in [6.45, 7) is 2.96. The average molecular weight is 337 g/mol. The van der Waals surface area contributed by atoms with Gasteiger partial charge in [-0.25, -0.2) is 4.39 Å². The first-order chi connectivity index (χ1) is 10.8. The maximum absolute atomic E-state index is 14.4. The second-order valence-electron chi connectivity index (χ2n) is 6.53. The van der Waals surface area contributed by atoms with E-state index in [-0.39, 0.29) is 23.0 Å². The number of alkyl halides is 1. The average Bonchev–Trinajstić information content (AvgIpc) is 2.97. The number of hydrogen-bond donors (Lipinski definition) is 0. The summed E-state index contributed by atoms with van der Waals surface area (Å²) in [7, 11) is 3.86. The summed E-state index contributed by atoms with van der Waals surface area (Å²) in [4.78, 5) is 2.25. The van der Waals surface area contributed by atoms with Gasteiger partial charge in [0.05, 0.1) is 0 Å². The normalized spacial score (nSPS) is 35.3. The van der Waals surface area contributed by atoms with Gasteiger partial charge < -0.3 is 9.47 Å². The molecule has 0 amide bonds. The van der Waals surface area contributed by atoms with Crippen LogP contribution in [0.3, 0.4) is 0 Å². The van der Waals surface area contributed by atoms with E-state index in [1.807, 2.05) is 0 Å². The third-order valence-corrected chi connectivity index (χ3v) is 5.22. The van der Waals surface area contributed by atoms with Gasteiger partial charge in [0.15, 0.2) is 11.6 Å². The minimum Gasteiger partial charge on any atom is -0.420 e. The van der Waals surface area contributed by atoms with Crippen LogP contribution in [0.2, 0.25) is 0 Å². The lowest BCUT2D eigenvalue weighted by molar-refractivity contribution is -0.105. The molecular weight excluding hydrogens is 319 g/mol. The van der Waals surface area contributed by atoms with Crippen LogP contribution in [-0.4, -0.2) is 30.3 Å². The molecule has 1 aromatic carbocycles. The van der Waals surface area contributed by atoms with E-state index in [1.54, 1.807) is 15.3 Å². The number of nitrogens with zero attached hydrogens (tertiary/aromatic N) is 1. The smallest absolute Gasteiger partial charge is 0.418 e. The highest BCUT2D eigenvalue weighted by molar-refractivity contribution is 7.18. The zero-order chi connectivity index (χ0) is 16.4. The molecule has 1 aliphatic carbocycles. The number of ether oxygens (including phenoxy) is 2. The van der Waals surface area contributed by atoms with Crippen LogP contribution >= 0.6 is 9.24 Å². The lowest BCUT2D eigenvalue weighted by Crippen LogP contribution is -2.40. The summed E-state index contributed by atoms with van der Waals surface area (Å²) in [6.07, 6.45) is 7.27. The Balaban J connectivity index is 1.83. The zero-order valence-corrected chi connectivity index (χ0v) is 14.1. The Morgan fingerprint density at radius 2 is 2.13 bits per heavy atom. The Morgan fingerprint density at radius 3 is 2.91 bits per heavy atom. The van der Waals surface area contributed by atoms with Gasteiger partial charge in [0.1, 0.15) is 0 Å². The van der Waals surface area contributed by atoms with Crippen molar-refractivity contribution in [2.75, 3.05) is 13.6 Å². The molecule has 2 aliphatic heterocycles. The van der Waals surface area contributed by atoms with Crippen LogP contribution < -0.4 is 9.47 Å². The Labute approximate surface area is 136 Å². The quantitative estimate of drug-likeness (QED) is 0.732. The van der Waals surface area contributed by atoms with Gasteiger partial charge in [-0.05, 0) is 53.9 Å². The highest BCUT2D eigenvalue weighted by Crippen LogP contribution is 2.50. The maximum Gasteiger partial charge on any atom is 0.418 e. The van der Waals surface area contributed by atoms with Crippen LogP contribution in [0.25, 0.3) is 0 Å². The molecule has 2 heterocycles. The van der Waals surface area contributed by atoms with Crippen LogP contribution in [0.1, 0.15) is 18.9 Å². The number of allylic oxidation sites excluding steroid dienone is 2. The number of benzene rings is 1. The van der Waals surface area contributed by atoms with E-state index in [2.05, 4.69) is 37.1 Å². The monoisotopic (exact) mass is 337 g/mol. The maximum atomic E-state index is 14.4. The Hall–Kier alpha value is -1.45. The number of likely N-dealkylation sites (tertiary alicyclic amines) is 1. The predicted octanol–water partition coefficient (Wildman–Crippen LogP) is 3.51. The molecule has 1 saturated heterocycles. The van der Waals surface area contributed by atoms with Crippen molar-refractivity contribution in [2.45, 2.75) is 30.6 Å². The summed E-state index contributed by atoms with van der Waals surface area (Å²) < 4.78 is 38.3. The first-order valence-corrected chi connectivity index (χ1v) is 8.16. The fourth-order valence-corrected chi connectivity index (χ4v) is 4.06. The number of halogens is 2. The molecule has 4 atom stereocenters. The Bertz CT molecular complexity index is 746. The number of fused-ring (bicyclic) bond motifs is 2. The van der Waals surface area contributed by atoms with Gasteiger partial charge in [0, 0.05) is 11.5 Å². The van der Waals surface area contributed by atoms with Crippen molar-refractivity contribution in [3.8, 4) is 11.5 Å². The molecule has 3 nitrogen and oxygen atoms in total. The Morgan fingerprint density at radius 1 is 1.35 bits per heavy atom. The van der Waals surface area contributed by atoms with Crippen LogP contribution in [-0.2, 0) is 5.41 Å². The molecule has 3 aliphatic rings.